The standard InChI is InChI=1S/C15H13N7O8/c1-2-3-8-19-17-15(16-18-19)20(13(23)9-4-6-11(29-9)21(25)26)14(24)10-5-7-12(30-10)22(27)28/h4-7H,2-3,8H2,1H3. The number of carbonyl (C=O) groups is 2. The van der Waals surface area contributed by atoms with Crippen LogP contribution in [-0.2, 0) is 6.54 Å². The molecule has 3 heterocycles. The van der Waals surface area contributed by atoms with Crippen molar-refractivity contribution in [2.24, 2.45) is 0 Å². The monoisotopic (exact) mass is 419 g/mol. The molecule has 156 valence electrons. The van der Waals surface area contributed by atoms with Crippen molar-refractivity contribution in [3.05, 3.63) is 56.0 Å². The van der Waals surface area contributed by atoms with Gasteiger partial charge in [0.15, 0.2) is 11.5 Å². The predicted molar refractivity (Wildman–Crippen MR) is 94.6 cm³/mol. The van der Waals surface area contributed by atoms with E-state index in [-0.39, 0.29) is 0 Å². The van der Waals surface area contributed by atoms with Crippen LogP contribution in [0.5, 0.6) is 0 Å². The van der Waals surface area contributed by atoms with Gasteiger partial charge in [-0.15, -0.1) is 5.10 Å². The van der Waals surface area contributed by atoms with Gasteiger partial charge in [0.05, 0.1) is 18.7 Å². The van der Waals surface area contributed by atoms with Crippen molar-refractivity contribution in [1.29, 1.82) is 0 Å². The highest BCUT2D eigenvalue weighted by atomic mass is 16.7. The first-order valence-electron chi connectivity index (χ1n) is 8.46. The molecule has 2 amide bonds. The average molecular weight is 419 g/mol. The van der Waals surface area contributed by atoms with Crippen LogP contribution in [0.15, 0.2) is 33.1 Å². The number of tetrazole rings is 1. The van der Waals surface area contributed by atoms with Gasteiger partial charge in [-0.2, -0.15) is 4.80 Å². The Balaban J connectivity index is 1.99. The third-order valence-electron chi connectivity index (χ3n) is 3.73. The van der Waals surface area contributed by atoms with Crippen molar-refractivity contribution >= 4 is 29.5 Å². The van der Waals surface area contributed by atoms with Crippen LogP contribution in [-0.4, -0.2) is 41.9 Å². The van der Waals surface area contributed by atoms with Gasteiger partial charge < -0.3 is 8.83 Å². The SMILES string of the molecule is CCCCn1nnc(N(C(=O)c2ccc([N+](=O)[O-])o2)C(=O)c2ccc([N+](=O)[O-])o2)n1. The summed E-state index contributed by atoms with van der Waals surface area (Å²) in [5.41, 5.74) is 0. The molecule has 0 atom stereocenters. The number of carbonyl (C=O) groups excluding carboxylic acids is 2. The number of amides is 2. The molecule has 30 heavy (non-hydrogen) atoms. The molecule has 0 saturated carbocycles. The zero-order chi connectivity index (χ0) is 21.8. The smallest absolute Gasteiger partial charge is 0.395 e. The van der Waals surface area contributed by atoms with Crippen LogP contribution in [0.3, 0.4) is 0 Å². The van der Waals surface area contributed by atoms with Crippen molar-refractivity contribution in [2.45, 2.75) is 26.3 Å². The number of anilines is 1. The number of hydrogen-bond acceptors (Lipinski definition) is 11. The highest BCUT2D eigenvalue weighted by Crippen LogP contribution is 2.23. The highest BCUT2D eigenvalue weighted by Gasteiger charge is 2.35. The lowest BCUT2D eigenvalue weighted by atomic mass is 10.3. The van der Waals surface area contributed by atoms with Gasteiger partial charge in [0, 0.05) is 0 Å². The van der Waals surface area contributed by atoms with Gasteiger partial charge in [0.1, 0.15) is 9.85 Å². The summed E-state index contributed by atoms with van der Waals surface area (Å²) >= 11 is 0. The fourth-order valence-electron chi connectivity index (χ4n) is 2.29. The minimum Gasteiger partial charge on any atom is -0.395 e. The highest BCUT2D eigenvalue weighted by molar-refractivity contribution is 6.23. The number of unbranched alkanes of at least 4 members (excludes halogenated alkanes) is 1. The summed E-state index contributed by atoms with van der Waals surface area (Å²) in [6, 6.07) is 3.85. The number of nitrogens with zero attached hydrogens (tertiary/aromatic N) is 7. The first-order chi connectivity index (χ1) is 14.3. The maximum atomic E-state index is 12.9. The Morgan fingerprint density at radius 2 is 1.57 bits per heavy atom. The molecular weight excluding hydrogens is 406 g/mol. The molecule has 15 nitrogen and oxygen atoms in total. The summed E-state index contributed by atoms with van der Waals surface area (Å²) in [5.74, 6) is -5.32. The fourth-order valence-corrected chi connectivity index (χ4v) is 2.29. The van der Waals surface area contributed by atoms with Crippen LogP contribution in [0.25, 0.3) is 0 Å². The summed E-state index contributed by atoms with van der Waals surface area (Å²) in [6.07, 6.45) is 1.52. The van der Waals surface area contributed by atoms with Crippen LogP contribution in [0, 0.1) is 20.2 Å². The average Bonchev–Trinajstić information content (AvgIpc) is 3.46. The van der Waals surface area contributed by atoms with Gasteiger partial charge in [-0.25, -0.2) is 4.90 Å². The molecule has 0 aliphatic heterocycles. The van der Waals surface area contributed by atoms with Gasteiger partial charge >= 0.3 is 23.6 Å². The molecule has 3 aromatic rings. The van der Waals surface area contributed by atoms with Crippen LogP contribution in [0.2, 0.25) is 0 Å². The quantitative estimate of drug-likeness (QED) is 0.294. The minimum atomic E-state index is -1.15. The van der Waals surface area contributed by atoms with Crippen molar-refractivity contribution in [3.8, 4) is 0 Å². The molecule has 0 bridgehead atoms. The number of furan rings is 2. The predicted octanol–water partition coefficient (Wildman–Crippen LogP) is 1.96. The maximum absolute atomic E-state index is 12.9. The Hall–Kier alpha value is -4.43. The van der Waals surface area contributed by atoms with Gasteiger partial charge in [0.2, 0.25) is 0 Å². The Kier molecular flexibility index (Phi) is 5.61. The Morgan fingerprint density at radius 3 is 2.00 bits per heavy atom. The van der Waals surface area contributed by atoms with Crippen molar-refractivity contribution in [1.82, 2.24) is 20.2 Å². The van der Waals surface area contributed by atoms with E-state index in [2.05, 4.69) is 15.4 Å². The second-order valence-corrected chi connectivity index (χ2v) is 5.77. The largest absolute Gasteiger partial charge is 0.433 e. The fraction of sp³-hybridized carbons (Fsp3) is 0.267. The Labute approximate surface area is 166 Å². The van der Waals surface area contributed by atoms with E-state index in [0.29, 0.717) is 17.9 Å². The van der Waals surface area contributed by atoms with E-state index in [4.69, 9.17) is 8.83 Å². The molecule has 0 fully saturated rings. The maximum Gasteiger partial charge on any atom is 0.433 e. The number of rotatable bonds is 8. The molecule has 3 aromatic heterocycles. The van der Waals surface area contributed by atoms with E-state index in [9.17, 15) is 29.8 Å². The van der Waals surface area contributed by atoms with Gasteiger partial charge in [0.25, 0.3) is 5.95 Å². The second-order valence-electron chi connectivity index (χ2n) is 5.77. The minimum absolute atomic E-state index is 0.359. The van der Waals surface area contributed by atoms with Crippen LogP contribution in [0.1, 0.15) is 40.9 Å². The number of aryl methyl sites for hydroxylation is 1. The Morgan fingerprint density at radius 1 is 1.03 bits per heavy atom. The summed E-state index contributed by atoms with van der Waals surface area (Å²) in [4.78, 5) is 47.2. The third-order valence-corrected chi connectivity index (χ3v) is 3.73. The van der Waals surface area contributed by atoms with Crippen molar-refractivity contribution < 1.29 is 28.3 Å². The lowest BCUT2D eigenvalue weighted by Crippen LogP contribution is -2.37. The normalized spacial score (nSPS) is 10.7. The van der Waals surface area contributed by atoms with Crippen molar-refractivity contribution in [3.63, 3.8) is 0 Å². The number of aromatic nitrogens is 4. The molecule has 0 saturated heterocycles. The van der Waals surface area contributed by atoms with E-state index in [1.807, 2.05) is 6.92 Å². The number of imide groups is 1. The van der Waals surface area contributed by atoms with Crippen molar-refractivity contribution in [2.75, 3.05) is 4.90 Å². The molecular formula is C15H13N7O8. The summed E-state index contributed by atoms with van der Waals surface area (Å²) in [6.45, 7) is 2.29. The first-order valence-corrected chi connectivity index (χ1v) is 8.46. The molecule has 0 N–H and O–H groups in total. The second kappa shape index (κ2) is 8.29. The van der Waals surface area contributed by atoms with Gasteiger partial charge in [-0.1, -0.05) is 18.4 Å². The lowest BCUT2D eigenvalue weighted by molar-refractivity contribution is -0.402. The summed E-state index contributed by atoms with van der Waals surface area (Å²) in [5, 5.41) is 33.0. The van der Waals surface area contributed by atoms with Gasteiger partial charge in [-0.3, -0.25) is 29.8 Å². The number of hydrogen-bond donors (Lipinski definition) is 0. The molecule has 0 aromatic carbocycles. The van der Waals surface area contributed by atoms with Crippen LogP contribution < -0.4 is 4.90 Å². The zero-order valence-electron chi connectivity index (χ0n) is 15.3. The molecule has 0 spiro atoms. The van der Waals surface area contributed by atoms with E-state index < -0.39 is 50.9 Å². The molecule has 15 heteroatoms. The van der Waals surface area contributed by atoms with E-state index in [1.54, 1.807) is 0 Å². The molecule has 0 aliphatic carbocycles. The summed E-state index contributed by atoms with van der Waals surface area (Å²) in [7, 11) is 0. The molecule has 0 aliphatic rings. The molecule has 3 rings (SSSR count). The topological polar surface area (TPSA) is 194 Å². The third kappa shape index (κ3) is 4.03. The molecule has 0 unspecified atom stereocenters. The van der Waals surface area contributed by atoms with E-state index in [0.717, 1.165) is 35.5 Å². The van der Waals surface area contributed by atoms with E-state index in [1.165, 1.54) is 0 Å². The number of nitro groups is 2. The first kappa shape index (κ1) is 20.3. The zero-order valence-corrected chi connectivity index (χ0v) is 15.3. The molecule has 0 radical (unpaired) electrons. The summed E-state index contributed by atoms with van der Waals surface area (Å²) < 4.78 is 9.69. The lowest BCUT2D eigenvalue weighted by Gasteiger charge is -2.13. The van der Waals surface area contributed by atoms with Gasteiger partial charge in [-0.05, 0) is 23.8 Å². The Bertz CT molecular complexity index is 1050. The van der Waals surface area contributed by atoms with Crippen LogP contribution >= 0.6 is 0 Å². The van der Waals surface area contributed by atoms with Crippen LogP contribution in [0.4, 0.5) is 17.7 Å². The van der Waals surface area contributed by atoms with E-state index >= 15 is 0 Å².